The maximum atomic E-state index is 10.9. The first-order chi connectivity index (χ1) is 7.09. The molecule has 1 aromatic heterocycles. The summed E-state index contributed by atoms with van der Waals surface area (Å²) in [6.45, 7) is 0. The van der Waals surface area contributed by atoms with Gasteiger partial charge in [0.25, 0.3) is 11.6 Å². The van der Waals surface area contributed by atoms with Gasteiger partial charge in [0.2, 0.25) is 0 Å². The van der Waals surface area contributed by atoms with E-state index in [4.69, 9.17) is 10.3 Å². The molecule has 0 spiro atoms. The molecule has 0 aliphatic carbocycles. The molecule has 0 unspecified atom stereocenters. The first-order valence-electron chi connectivity index (χ1n) is 3.93. The van der Waals surface area contributed by atoms with Gasteiger partial charge in [-0.25, -0.2) is 0 Å². The molecule has 0 fully saturated rings. The Morgan fingerprint density at radius 3 is 2.87 bits per heavy atom. The topological polar surface area (TPSA) is 112 Å². The van der Waals surface area contributed by atoms with Gasteiger partial charge in [-0.15, -0.1) is 0 Å². The summed E-state index contributed by atoms with van der Waals surface area (Å²) in [4.78, 5) is 20.8. The van der Waals surface area contributed by atoms with E-state index in [1.54, 1.807) is 0 Å². The molecule has 0 bridgehead atoms. The Kier molecular flexibility index (Phi) is 1.86. The predicted octanol–water partition coefficient (Wildman–Crippen LogP) is 0.835. The Balaban J connectivity index is 2.72. The number of benzene rings is 1. The van der Waals surface area contributed by atoms with Crippen molar-refractivity contribution in [3.05, 3.63) is 34.0 Å². The molecule has 2 rings (SSSR count). The molecule has 1 aromatic carbocycles. The molecule has 0 saturated carbocycles. The molecule has 0 saturated heterocycles. The second-order valence-corrected chi connectivity index (χ2v) is 2.83. The number of non-ortho nitro benzene ring substituents is 1. The number of hydrogen-bond donors (Lipinski definition) is 1. The van der Waals surface area contributed by atoms with Crippen molar-refractivity contribution in [1.82, 2.24) is 5.16 Å². The highest BCUT2D eigenvalue weighted by Gasteiger charge is 2.16. The largest absolute Gasteiger partial charge is 0.364 e. The van der Waals surface area contributed by atoms with E-state index in [0.717, 1.165) is 0 Å². The van der Waals surface area contributed by atoms with Gasteiger partial charge < -0.3 is 10.3 Å². The van der Waals surface area contributed by atoms with Gasteiger partial charge in [0.15, 0.2) is 11.3 Å². The van der Waals surface area contributed by atoms with Crippen LogP contribution < -0.4 is 5.73 Å². The number of hydrogen-bond acceptors (Lipinski definition) is 5. The Labute approximate surface area is 82.6 Å². The molecule has 15 heavy (non-hydrogen) atoms. The van der Waals surface area contributed by atoms with E-state index in [2.05, 4.69) is 5.16 Å². The maximum absolute atomic E-state index is 10.9. The van der Waals surface area contributed by atoms with E-state index < -0.39 is 10.8 Å². The van der Waals surface area contributed by atoms with Gasteiger partial charge in [-0.2, -0.15) is 0 Å². The predicted molar refractivity (Wildman–Crippen MR) is 49.2 cm³/mol. The third-order valence-electron chi connectivity index (χ3n) is 1.90. The van der Waals surface area contributed by atoms with Gasteiger partial charge in [-0.05, 0) is 6.07 Å². The van der Waals surface area contributed by atoms with Crippen LogP contribution in [0.25, 0.3) is 11.0 Å². The van der Waals surface area contributed by atoms with Crippen LogP contribution in [0.3, 0.4) is 0 Å². The summed E-state index contributed by atoms with van der Waals surface area (Å²) in [5.74, 6) is -0.783. The van der Waals surface area contributed by atoms with Crippen molar-refractivity contribution in [3.8, 4) is 0 Å². The lowest BCUT2D eigenvalue weighted by molar-refractivity contribution is -0.384. The number of nitro groups is 1. The number of rotatable bonds is 2. The molecule has 1 heterocycles. The van der Waals surface area contributed by atoms with Crippen LogP contribution in [-0.2, 0) is 0 Å². The van der Waals surface area contributed by atoms with Crippen LogP contribution in [0.2, 0.25) is 0 Å². The summed E-state index contributed by atoms with van der Waals surface area (Å²) in [7, 11) is 0. The highest BCUT2D eigenvalue weighted by Crippen LogP contribution is 2.23. The smallest absolute Gasteiger partial charge is 0.271 e. The van der Waals surface area contributed by atoms with Crippen LogP contribution in [0.1, 0.15) is 10.5 Å². The second-order valence-electron chi connectivity index (χ2n) is 2.83. The zero-order chi connectivity index (χ0) is 11.0. The van der Waals surface area contributed by atoms with Crippen molar-refractivity contribution in [2.24, 2.45) is 5.73 Å². The number of primary amides is 1. The number of nitro benzene ring substituents is 1. The molecule has 2 N–H and O–H groups in total. The monoisotopic (exact) mass is 207 g/mol. The highest BCUT2D eigenvalue weighted by molar-refractivity contribution is 6.03. The summed E-state index contributed by atoms with van der Waals surface area (Å²) in [5.41, 5.74) is 5.06. The standard InChI is InChI=1S/C8H5N3O4/c9-8(12)7-5-3-4(11(13)14)1-2-6(5)15-10-7/h1-3H,(H2,9,12). The number of carbonyl (C=O) groups excluding carboxylic acids is 1. The molecule has 0 atom stereocenters. The molecule has 1 amide bonds. The third kappa shape index (κ3) is 1.39. The fourth-order valence-corrected chi connectivity index (χ4v) is 1.22. The molecule has 7 heteroatoms. The van der Waals surface area contributed by atoms with Crippen LogP contribution >= 0.6 is 0 Å². The third-order valence-corrected chi connectivity index (χ3v) is 1.90. The lowest BCUT2D eigenvalue weighted by Crippen LogP contribution is -2.11. The number of nitrogens with two attached hydrogens (primary N) is 1. The van der Waals surface area contributed by atoms with Crippen molar-refractivity contribution in [2.75, 3.05) is 0 Å². The fraction of sp³-hybridized carbons (Fsp3) is 0. The number of carbonyl (C=O) groups is 1. The Morgan fingerprint density at radius 1 is 1.53 bits per heavy atom. The van der Waals surface area contributed by atoms with E-state index >= 15 is 0 Å². The quantitative estimate of drug-likeness (QED) is 0.578. The number of amides is 1. The highest BCUT2D eigenvalue weighted by atomic mass is 16.6. The molecular formula is C8H5N3O4. The summed E-state index contributed by atoms with van der Waals surface area (Å²) < 4.78 is 4.77. The Bertz CT molecular complexity index is 560. The van der Waals surface area contributed by atoms with Crippen LogP contribution in [0.5, 0.6) is 0 Å². The number of nitrogens with zero attached hydrogens (tertiary/aromatic N) is 2. The van der Waals surface area contributed by atoms with Gasteiger partial charge in [0.05, 0.1) is 10.3 Å². The SMILES string of the molecule is NC(=O)c1noc2ccc([N+](=O)[O-])cc12. The zero-order valence-electron chi connectivity index (χ0n) is 7.34. The van der Waals surface area contributed by atoms with Gasteiger partial charge >= 0.3 is 0 Å². The van der Waals surface area contributed by atoms with Crippen LogP contribution in [-0.4, -0.2) is 16.0 Å². The van der Waals surface area contributed by atoms with Crippen molar-refractivity contribution in [3.63, 3.8) is 0 Å². The lowest BCUT2D eigenvalue weighted by atomic mass is 10.2. The minimum atomic E-state index is -0.783. The van der Waals surface area contributed by atoms with Crippen molar-refractivity contribution in [1.29, 1.82) is 0 Å². The first-order valence-corrected chi connectivity index (χ1v) is 3.93. The van der Waals surface area contributed by atoms with Crippen LogP contribution in [0.15, 0.2) is 22.7 Å². The average Bonchev–Trinajstić information content (AvgIpc) is 2.59. The van der Waals surface area contributed by atoms with Gasteiger partial charge in [-0.3, -0.25) is 14.9 Å². The fourth-order valence-electron chi connectivity index (χ4n) is 1.22. The number of fused-ring (bicyclic) bond motifs is 1. The Morgan fingerprint density at radius 2 is 2.27 bits per heavy atom. The molecule has 7 nitrogen and oxygen atoms in total. The van der Waals surface area contributed by atoms with E-state index in [1.165, 1.54) is 18.2 Å². The van der Waals surface area contributed by atoms with Gasteiger partial charge in [0.1, 0.15) is 0 Å². The number of aromatic nitrogens is 1. The zero-order valence-corrected chi connectivity index (χ0v) is 7.34. The maximum Gasteiger partial charge on any atom is 0.271 e. The van der Waals surface area contributed by atoms with Gasteiger partial charge in [0, 0.05) is 12.1 Å². The van der Waals surface area contributed by atoms with Crippen LogP contribution in [0, 0.1) is 10.1 Å². The minimum absolute atomic E-state index is 0.103. The van der Waals surface area contributed by atoms with E-state index in [9.17, 15) is 14.9 Å². The summed E-state index contributed by atoms with van der Waals surface area (Å²) in [6.07, 6.45) is 0. The Hall–Kier alpha value is -2.44. The molecule has 76 valence electrons. The second kappa shape index (κ2) is 3.05. The molecule has 2 aromatic rings. The van der Waals surface area contributed by atoms with E-state index in [1.807, 2.05) is 0 Å². The van der Waals surface area contributed by atoms with Crippen molar-refractivity contribution >= 4 is 22.6 Å². The van der Waals surface area contributed by atoms with E-state index in [0.29, 0.717) is 0 Å². The van der Waals surface area contributed by atoms with Crippen molar-refractivity contribution in [2.45, 2.75) is 0 Å². The molecular weight excluding hydrogens is 202 g/mol. The lowest BCUT2D eigenvalue weighted by Gasteiger charge is -1.90. The summed E-state index contributed by atoms with van der Waals surface area (Å²) in [6, 6.07) is 3.83. The van der Waals surface area contributed by atoms with Crippen LogP contribution in [0.4, 0.5) is 5.69 Å². The first kappa shape index (κ1) is 9.13. The normalized spacial score (nSPS) is 10.4. The van der Waals surface area contributed by atoms with E-state index in [-0.39, 0.29) is 22.4 Å². The molecule has 0 radical (unpaired) electrons. The minimum Gasteiger partial charge on any atom is -0.364 e. The summed E-state index contributed by atoms with van der Waals surface area (Å²) in [5, 5.41) is 14.2. The summed E-state index contributed by atoms with van der Waals surface area (Å²) >= 11 is 0. The van der Waals surface area contributed by atoms with Crippen molar-refractivity contribution < 1.29 is 14.2 Å². The average molecular weight is 207 g/mol. The molecule has 0 aliphatic heterocycles. The van der Waals surface area contributed by atoms with Gasteiger partial charge in [-0.1, -0.05) is 5.16 Å². The molecule has 0 aliphatic rings.